The molecule has 24 heavy (non-hydrogen) atoms. The lowest BCUT2D eigenvalue weighted by Gasteiger charge is -2.09. The van der Waals surface area contributed by atoms with Crippen molar-refractivity contribution in [1.29, 1.82) is 0 Å². The van der Waals surface area contributed by atoms with Crippen molar-refractivity contribution in [3.05, 3.63) is 47.8 Å². The molecule has 126 valence electrons. The molecule has 0 fully saturated rings. The number of amides is 1. The first-order valence-electron chi connectivity index (χ1n) is 7.98. The Morgan fingerprint density at radius 2 is 2.04 bits per heavy atom. The zero-order valence-electron chi connectivity index (χ0n) is 13.8. The Morgan fingerprint density at radius 3 is 2.79 bits per heavy atom. The second-order valence-electron chi connectivity index (χ2n) is 6.08. The quantitative estimate of drug-likeness (QED) is 0.853. The minimum atomic E-state index is -0.205. The van der Waals surface area contributed by atoms with Gasteiger partial charge in [0.2, 0.25) is 6.79 Å². The zero-order chi connectivity index (χ0) is 16.9. The van der Waals surface area contributed by atoms with E-state index in [4.69, 9.17) is 9.47 Å². The van der Waals surface area contributed by atoms with E-state index < -0.39 is 0 Å². The van der Waals surface area contributed by atoms with E-state index in [0.717, 1.165) is 23.5 Å². The van der Waals surface area contributed by atoms with Gasteiger partial charge >= 0.3 is 0 Å². The summed E-state index contributed by atoms with van der Waals surface area (Å²) in [5.41, 5.74) is 2.25. The molecule has 1 aromatic carbocycles. The maximum atomic E-state index is 12.2. The Kier molecular flexibility index (Phi) is 4.84. The number of hydrogen-bond acceptors (Lipinski definition) is 5. The van der Waals surface area contributed by atoms with Gasteiger partial charge in [0.1, 0.15) is 5.69 Å². The smallest absolute Gasteiger partial charge is 0.270 e. The fourth-order valence-corrected chi connectivity index (χ4v) is 2.28. The molecule has 2 aromatic rings. The normalized spacial score (nSPS) is 12.3. The van der Waals surface area contributed by atoms with Crippen LogP contribution in [0.5, 0.6) is 11.5 Å². The van der Waals surface area contributed by atoms with Crippen molar-refractivity contribution in [2.24, 2.45) is 5.92 Å². The van der Waals surface area contributed by atoms with Crippen LogP contribution in [0.2, 0.25) is 0 Å². The molecule has 0 bridgehead atoms. The molecule has 2 N–H and O–H groups in total. The lowest BCUT2D eigenvalue weighted by molar-refractivity contribution is 0.0946. The Labute approximate surface area is 141 Å². The maximum absolute atomic E-state index is 12.2. The summed E-state index contributed by atoms with van der Waals surface area (Å²) in [5, 5.41) is 6.13. The molecule has 6 heteroatoms. The van der Waals surface area contributed by atoms with E-state index >= 15 is 0 Å². The number of anilines is 1. The third kappa shape index (κ3) is 3.95. The van der Waals surface area contributed by atoms with Crippen LogP contribution in [-0.4, -0.2) is 24.2 Å². The molecular formula is C18H21N3O3. The van der Waals surface area contributed by atoms with E-state index in [1.54, 1.807) is 12.3 Å². The van der Waals surface area contributed by atoms with Crippen molar-refractivity contribution in [2.75, 3.05) is 18.7 Å². The highest BCUT2D eigenvalue weighted by molar-refractivity contribution is 5.92. The summed E-state index contributed by atoms with van der Waals surface area (Å²) < 4.78 is 10.6. The first-order chi connectivity index (χ1) is 11.6. The van der Waals surface area contributed by atoms with Gasteiger partial charge in [-0.2, -0.15) is 0 Å². The predicted molar refractivity (Wildman–Crippen MR) is 91.3 cm³/mol. The highest BCUT2D eigenvalue weighted by atomic mass is 16.7. The van der Waals surface area contributed by atoms with Gasteiger partial charge in [-0.15, -0.1) is 0 Å². The Morgan fingerprint density at radius 1 is 1.21 bits per heavy atom. The molecule has 3 rings (SSSR count). The lowest BCUT2D eigenvalue weighted by atomic mass is 10.2. The number of carbonyl (C=O) groups is 1. The minimum Gasteiger partial charge on any atom is -0.454 e. The average molecular weight is 327 g/mol. The van der Waals surface area contributed by atoms with Crippen LogP contribution in [0.1, 0.15) is 29.9 Å². The van der Waals surface area contributed by atoms with Gasteiger partial charge in [0.25, 0.3) is 5.91 Å². The van der Waals surface area contributed by atoms with Crippen LogP contribution < -0.4 is 20.1 Å². The maximum Gasteiger partial charge on any atom is 0.270 e. The zero-order valence-corrected chi connectivity index (χ0v) is 13.8. The van der Waals surface area contributed by atoms with Crippen LogP contribution >= 0.6 is 0 Å². The van der Waals surface area contributed by atoms with Crippen LogP contribution in [-0.2, 0) is 6.54 Å². The van der Waals surface area contributed by atoms with Gasteiger partial charge in [-0.05, 0) is 35.7 Å². The number of pyridine rings is 1. The Hall–Kier alpha value is -2.76. The predicted octanol–water partition coefficient (Wildman–Crippen LogP) is 2.81. The van der Waals surface area contributed by atoms with Crippen molar-refractivity contribution in [3.8, 4) is 11.5 Å². The SMILES string of the molecule is CC(C)CNc1ccc(C(=O)NCc2ccc3c(c2)OCO3)nc1. The number of nitrogens with one attached hydrogen (secondary N) is 2. The Balaban J connectivity index is 1.55. The first kappa shape index (κ1) is 16.1. The molecule has 1 amide bonds. The van der Waals surface area contributed by atoms with Crippen molar-refractivity contribution >= 4 is 11.6 Å². The fraction of sp³-hybridized carbons (Fsp3) is 0.333. The van der Waals surface area contributed by atoms with Crippen molar-refractivity contribution < 1.29 is 14.3 Å². The van der Waals surface area contributed by atoms with Crippen LogP contribution in [0.25, 0.3) is 0 Å². The van der Waals surface area contributed by atoms with Crippen molar-refractivity contribution in [3.63, 3.8) is 0 Å². The molecular weight excluding hydrogens is 306 g/mol. The largest absolute Gasteiger partial charge is 0.454 e. The molecule has 1 aliphatic rings. The third-order valence-corrected chi connectivity index (χ3v) is 3.60. The van der Waals surface area contributed by atoms with Crippen LogP contribution in [0.4, 0.5) is 5.69 Å². The van der Waals surface area contributed by atoms with Gasteiger partial charge in [0, 0.05) is 13.1 Å². The van der Waals surface area contributed by atoms with Gasteiger partial charge in [-0.1, -0.05) is 19.9 Å². The number of fused-ring (bicyclic) bond motifs is 1. The van der Waals surface area contributed by atoms with Gasteiger partial charge in [-0.25, -0.2) is 4.98 Å². The van der Waals surface area contributed by atoms with E-state index in [1.807, 2.05) is 24.3 Å². The first-order valence-corrected chi connectivity index (χ1v) is 7.98. The number of ether oxygens (including phenoxy) is 2. The third-order valence-electron chi connectivity index (χ3n) is 3.60. The molecule has 0 saturated carbocycles. The molecule has 0 aliphatic carbocycles. The lowest BCUT2D eigenvalue weighted by Crippen LogP contribution is -2.23. The molecule has 0 radical (unpaired) electrons. The number of hydrogen-bond donors (Lipinski definition) is 2. The highest BCUT2D eigenvalue weighted by Gasteiger charge is 2.14. The summed E-state index contributed by atoms with van der Waals surface area (Å²) in [6.45, 7) is 5.80. The van der Waals surface area contributed by atoms with Crippen LogP contribution in [0.3, 0.4) is 0 Å². The number of rotatable bonds is 6. The van der Waals surface area contributed by atoms with Gasteiger partial charge < -0.3 is 20.1 Å². The van der Waals surface area contributed by atoms with E-state index in [-0.39, 0.29) is 12.7 Å². The molecule has 1 aromatic heterocycles. The van der Waals surface area contributed by atoms with Crippen molar-refractivity contribution in [2.45, 2.75) is 20.4 Å². The summed E-state index contributed by atoms with van der Waals surface area (Å²) >= 11 is 0. The highest BCUT2D eigenvalue weighted by Crippen LogP contribution is 2.32. The fourth-order valence-electron chi connectivity index (χ4n) is 2.28. The molecule has 0 saturated heterocycles. The molecule has 6 nitrogen and oxygen atoms in total. The van der Waals surface area contributed by atoms with E-state index in [9.17, 15) is 4.79 Å². The van der Waals surface area contributed by atoms with E-state index in [0.29, 0.717) is 23.9 Å². The number of benzene rings is 1. The molecule has 0 unspecified atom stereocenters. The van der Waals surface area contributed by atoms with E-state index in [1.165, 1.54) is 0 Å². The van der Waals surface area contributed by atoms with Gasteiger partial charge in [0.05, 0.1) is 11.9 Å². The summed E-state index contributed by atoms with van der Waals surface area (Å²) in [6.07, 6.45) is 1.68. The monoisotopic (exact) mass is 327 g/mol. The standard InChI is InChI=1S/C18H21N3O3/c1-12(2)8-19-14-4-5-15(20-10-14)18(22)21-9-13-3-6-16-17(7-13)24-11-23-16/h3-7,10,12,19H,8-9,11H2,1-2H3,(H,21,22). The molecule has 2 heterocycles. The summed E-state index contributed by atoms with van der Waals surface area (Å²) in [7, 11) is 0. The van der Waals surface area contributed by atoms with E-state index in [2.05, 4.69) is 29.5 Å². The van der Waals surface area contributed by atoms with Crippen LogP contribution in [0, 0.1) is 5.92 Å². The van der Waals surface area contributed by atoms with Gasteiger partial charge in [-0.3, -0.25) is 4.79 Å². The molecule has 0 spiro atoms. The second-order valence-corrected chi connectivity index (χ2v) is 6.08. The van der Waals surface area contributed by atoms with Crippen molar-refractivity contribution in [1.82, 2.24) is 10.3 Å². The number of carbonyl (C=O) groups excluding carboxylic acids is 1. The summed E-state index contributed by atoms with van der Waals surface area (Å²) in [5.74, 6) is 1.79. The molecule has 1 aliphatic heterocycles. The second kappa shape index (κ2) is 7.21. The number of aromatic nitrogens is 1. The van der Waals surface area contributed by atoms with Gasteiger partial charge in [0.15, 0.2) is 11.5 Å². The summed E-state index contributed by atoms with van der Waals surface area (Å²) in [6, 6.07) is 9.20. The minimum absolute atomic E-state index is 0.205. The Bertz CT molecular complexity index is 714. The van der Waals surface area contributed by atoms with Crippen LogP contribution in [0.15, 0.2) is 36.5 Å². The average Bonchev–Trinajstić information content (AvgIpc) is 3.06. The topological polar surface area (TPSA) is 72.5 Å². The molecule has 0 atom stereocenters. The number of nitrogens with zero attached hydrogens (tertiary/aromatic N) is 1. The summed E-state index contributed by atoms with van der Waals surface area (Å²) in [4.78, 5) is 16.4.